The van der Waals surface area contributed by atoms with Gasteiger partial charge < -0.3 is 10.1 Å². The molecule has 3 rings (SSSR count). The molecular weight excluding hydrogens is 342 g/mol. The molecule has 8 nitrogen and oxygen atoms in total. The Morgan fingerprint density at radius 3 is 2.76 bits per heavy atom. The van der Waals surface area contributed by atoms with Crippen LogP contribution < -0.4 is 5.32 Å². The summed E-state index contributed by atoms with van der Waals surface area (Å²) in [5.74, 6) is -0.488. The molecule has 2 aromatic heterocycles. The van der Waals surface area contributed by atoms with Crippen LogP contribution in [0.4, 0.5) is 0 Å². The topological polar surface area (TPSA) is 99.0 Å². The fraction of sp³-hybridized carbons (Fsp3) is 0.188. The third kappa shape index (κ3) is 4.07. The normalized spacial score (nSPS) is 11.7. The van der Waals surface area contributed by atoms with Gasteiger partial charge in [-0.15, -0.1) is 16.4 Å². The molecule has 0 fully saturated rings. The number of ether oxygens (including phenoxy) is 1. The predicted molar refractivity (Wildman–Crippen MR) is 90.2 cm³/mol. The average molecular weight is 357 g/mol. The van der Waals surface area contributed by atoms with Crippen molar-refractivity contribution in [1.29, 1.82) is 0 Å². The Labute approximate surface area is 147 Å². The quantitative estimate of drug-likeness (QED) is 0.673. The molecule has 25 heavy (non-hydrogen) atoms. The van der Waals surface area contributed by atoms with Crippen molar-refractivity contribution in [2.75, 3.05) is 0 Å². The molecule has 0 spiro atoms. The SMILES string of the molecule is C[C@H](NC(=O)c1cccs1)C(=O)OCc1nnnn1-c1ccccc1. The van der Waals surface area contributed by atoms with Crippen molar-refractivity contribution in [1.82, 2.24) is 25.5 Å². The number of nitrogens with one attached hydrogen (secondary N) is 1. The molecule has 0 aliphatic rings. The monoisotopic (exact) mass is 357 g/mol. The van der Waals surface area contributed by atoms with Crippen LogP contribution in [0.15, 0.2) is 47.8 Å². The molecule has 0 aliphatic heterocycles. The molecule has 0 aliphatic carbocycles. The lowest BCUT2D eigenvalue weighted by atomic mass is 10.3. The van der Waals surface area contributed by atoms with Gasteiger partial charge in [-0.05, 0) is 40.9 Å². The van der Waals surface area contributed by atoms with Crippen LogP contribution in [-0.2, 0) is 16.1 Å². The van der Waals surface area contributed by atoms with E-state index in [1.54, 1.807) is 24.4 Å². The number of carbonyl (C=O) groups excluding carboxylic acids is 2. The zero-order valence-electron chi connectivity index (χ0n) is 13.3. The van der Waals surface area contributed by atoms with Crippen LogP contribution in [0.3, 0.4) is 0 Å². The number of esters is 1. The molecule has 1 aromatic carbocycles. The maximum absolute atomic E-state index is 12.1. The van der Waals surface area contributed by atoms with Gasteiger partial charge in [0.2, 0.25) is 0 Å². The summed E-state index contributed by atoms with van der Waals surface area (Å²) in [4.78, 5) is 24.6. The zero-order chi connectivity index (χ0) is 17.6. The second-order valence-corrected chi connectivity index (χ2v) is 6.07. The summed E-state index contributed by atoms with van der Waals surface area (Å²) in [6.45, 7) is 1.47. The van der Waals surface area contributed by atoms with Crippen molar-refractivity contribution in [3.63, 3.8) is 0 Å². The van der Waals surface area contributed by atoms with Gasteiger partial charge in [-0.2, -0.15) is 4.68 Å². The molecule has 9 heteroatoms. The minimum atomic E-state index is -0.782. The number of para-hydroxylation sites is 1. The number of benzene rings is 1. The lowest BCUT2D eigenvalue weighted by Crippen LogP contribution is -2.39. The zero-order valence-corrected chi connectivity index (χ0v) is 14.1. The van der Waals surface area contributed by atoms with Gasteiger partial charge in [0.25, 0.3) is 5.91 Å². The summed E-state index contributed by atoms with van der Waals surface area (Å²) in [6.07, 6.45) is 0. The van der Waals surface area contributed by atoms with Gasteiger partial charge in [-0.25, -0.2) is 4.79 Å². The van der Waals surface area contributed by atoms with Crippen LogP contribution in [0, 0.1) is 0 Å². The third-order valence-corrected chi connectivity index (χ3v) is 4.19. The maximum atomic E-state index is 12.1. The Hall–Kier alpha value is -3.07. The van der Waals surface area contributed by atoms with Gasteiger partial charge in [0.15, 0.2) is 12.4 Å². The summed E-state index contributed by atoms with van der Waals surface area (Å²) in [5, 5.41) is 15.7. The second-order valence-electron chi connectivity index (χ2n) is 5.12. The number of hydrogen-bond donors (Lipinski definition) is 1. The van der Waals surface area contributed by atoms with Gasteiger partial charge in [-0.3, -0.25) is 4.79 Å². The van der Waals surface area contributed by atoms with E-state index in [-0.39, 0.29) is 12.5 Å². The number of aromatic nitrogens is 4. The second kappa shape index (κ2) is 7.67. The highest BCUT2D eigenvalue weighted by Gasteiger charge is 2.20. The van der Waals surface area contributed by atoms with E-state index in [9.17, 15) is 9.59 Å². The first-order valence-electron chi connectivity index (χ1n) is 7.49. The van der Waals surface area contributed by atoms with Gasteiger partial charge in [0, 0.05) is 0 Å². The van der Waals surface area contributed by atoms with Crippen LogP contribution in [0.1, 0.15) is 22.4 Å². The van der Waals surface area contributed by atoms with Crippen molar-refractivity contribution in [2.45, 2.75) is 19.6 Å². The minimum absolute atomic E-state index is 0.0973. The van der Waals surface area contributed by atoms with Crippen LogP contribution >= 0.6 is 11.3 Å². The van der Waals surface area contributed by atoms with E-state index in [0.29, 0.717) is 10.7 Å². The predicted octanol–water partition coefficient (Wildman–Crippen LogP) is 1.59. The highest BCUT2D eigenvalue weighted by molar-refractivity contribution is 7.12. The molecule has 1 amide bonds. The average Bonchev–Trinajstić information content (AvgIpc) is 3.32. The Kier molecular flexibility index (Phi) is 5.14. The van der Waals surface area contributed by atoms with E-state index in [4.69, 9.17) is 4.74 Å². The standard InChI is InChI=1S/C16H15N5O3S/c1-11(17-15(22)13-8-5-9-25-13)16(23)24-10-14-18-19-20-21(14)12-6-3-2-4-7-12/h2-9,11H,10H2,1H3,(H,17,22)/t11-/m0/s1. The van der Waals surface area contributed by atoms with E-state index < -0.39 is 12.0 Å². The lowest BCUT2D eigenvalue weighted by molar-refractivity contribution is -0.147. The van der Waals surface area contributed by atoms with E-state index >= 15 is 0 Å². The Morgan fingerprint density at radius 1 is 1.24 bits per heavy atom. The molecule has 0 saturated carbocycles. The molecule has 2 heterocycles. The first kappa shape index (κ1) is 16.8. The molecular formula is C16H15N5O3S. The van der Waals surface area contributed by atoms with Crippen LogP contribution in [0.2, 0.25) is 0 Å². The van der Waals surface area contributed by atoms with Crippen molar-refractivity contribution < 1.29 is 14.3 Å². The summed E-state index contributed by atoms with van der Waals surface area (Å²) >= 11 is 1.30. The summed E-state index contributed by atoms with van der Waals surface area (Å²) in [6, 6.07) is 11.9. The summed E-state index contributed by atoms with van der Waals surface area (Å²) in [5.41, 5.74) is 0.762. The molecule has 1 N–H and O–H groups in total. The smallest absolute Gasteiger partial charge is 0.328 e. The highest BCUT2D eigenvalue weighted by Crippen LogP contribution is 2.10. The number of rotatable bonds is 6. The highest BCUT2D eigenvalue weighted by atomic mass is 32.1. The Balaban J connectivity index is 1.58. The molecule has 0 bridgehead atoms. The molecule has 0 radical (unpaired) electrons. The molecule has 1 atom stereocenters. The lowest BCUT2D eigenvalue weighted by Gasteiger charge is -2.12. The Bertz CT molecular complexity index is 848. The van der Waals surface area contributed by atoms with Crippen molar-refractivity contribution in [3.8, 4) is 5.69 Å². The fourth-order valence-electron chi connectivity index (χ4n) is 2.06. The first-order valence-corrected chi connectivity index (χ1v) is 8.37. The number of nitrogens with zero attached hydrogens (tertiary/aromatic N) is 4. The first-order chi connectivity index (χ1) is 12.1. The van der Waals surface area contributed by atoms with E-state index in [1.165, 1.54) is 16.0 Å². The number of tetrazole rings is 1. The number of thiophene rings is 1. The molecule has 0 unspecified atom stereocenters. The van der Waals surface area contributed by atoms with Gasteiger partial charge in [0.1, 0.15) is 6.04 Å². The molecule has 0 saturated heterocycles. The summed E-state index contributed by atoms with van der Waals surface area (Å²) in [7, 11) is 0. The number of carbonyl (C=O) groups is 2. The van der Waals surface area contributed by atoms with E-state index in [0.717, 1.165) is 5.69 Å². The van der Waals surface area contributed by atoms with Gasteiger partial charge in [0.05, 0.1) is 10.6 Å². The molecule has 3 aromatic rings. The van der Waals surface area contributed by atoms with Crippen molar-refractivity contribution in [3.05, 3.63) is 58.5 Å². The van der Waals surface area contributed by atoms with Crippen LogP contribution in [0.5, 0.6) is 0 Å². The minimum Gasteiger partial charge on any atom is -0.456 e. The maximum Gasteiger partial charge on any atom is 0.328 e. The van der Waals surface area contributed by atoms with Crippen LogP contribution in [0.25, 0.3) is 5.69 Å². The Morgan fingerprint density at radius 2 is 2.04 bits per heavy atom. The summed E-state index contributed by atoms with van der Waals surface area (Å²) < 4.78 is 6.70. The largest absolute Gasteiger partial charge is 0.456 e. The number of amides is 1. The van der Waals surface area contributed by atoms with Gasteiger partial charge in [-0.1, -0.05) is 24.3 Å². The molecule has 128 valence electrons. The van der Waals surface area contributed by atoms with Gasteiger partial charge >= 0.3 is 5.97 Å². The fourth-order valence-corrected chi connectivity index (χ4v) is 2.69. The van der Waals surface area contributed by atoms with Crippen molar-refractivity contribution in [2.24, 2.45) is 0 Å². The van der Waals surface area contributed by atoms with E-state index in [1.807, 2.05) is 30.3 Å². The van der Waals surface area contributed by atoms with Crippen molar-refractivity contribution >= 4 is 23.2 Å². The van der Waals surface area contributed by atoms with E-state index in [2.05, 4.69) is 20.8 Å². The number of hydrogen-bond acceptors (Lipinski definition) is 7. The van der Waals surface area contributed by atoms with Crippen LogP contribution in [-0.4, -0.2) is 38.1 Å². The third-order valence-electron chi connectivity index (χ3n) is 3.32.